The van der Waals surface area contributed by atoms with Gasteiger partial charge in [0.25, 0.3) is 0 Å². The van der Waals surface area contributed by atoms with Crippen molar-refractivity contribution in [1.82, 2.24) is 0 Å². The Kier molecular flexibility index (Phi) is 4.39. The summed E-state index contributed by atoms with van der Waals surface area (Å²) in [5, 5.41) is 2.81. The Balaban J connectivity index is 1.48. The molecule has 1 aromatic heterocycles. The van der Waals surface area contributed by atoms with Crippen molar-refractivity contribution in [3.8, 4) is 0 Å². The Bertz CT molecular complexity index is 1300. The maximum atomic E-state index is 12.7. The third-order valence-electron chi connectivity index (χ3n) is 5.66. The molecule has 0 atom stereocenters. The number of carbonyl (C=O) groups excluding carboxylic acids is 1. The molecule has 144 valence electrons. The van der Waals surface area contributed by atoms with Crippen molar-refractivity contribution in [2.24, 2.45) is 0 Å². The summed E-state index contributed by atoms with van der Waals surface area (Å²) in [6, 6.07) is 18.8. The second-order valence-corrected chi connectivity index (χ2v) is 7.52. The minimum absolute atomic E-state index is 0.0199. The predicted octanol–water partition coefficient (Wildman–Crippen LogP) is 5.18. The maximum absolute atomic E-state index is 12.7. The molecule has 0 bridgehead atoms. The number of hydrogen-bond donors (Lipinski definition) is 0. The highest BCUT2D eigenvalue weighted by Crippen LogP contribution is 2.28. The molecule has 4 heteroatoms. The molecule has 0 unspecified atom stereocenters. The van der Waals surface area contributed by atoms with Gasteiger partial charge in [-0.2, -0.15) is 0 Å². The molecule has 0 fully saturated rings. The molecule has 0 radical (unpaired) electrons. The summed E-state index contributed by atoms with van der Waals surface area (Å²) in [6.07, 6.45) is 4.44. The van der Waals surface area contributed by atoms with Crippen LogP contribution >= 0.6 is 0 Å². The monoisotopic (exact) mass is 384 g/mol. The molecule has 0 aliphatic heterocycles. The van der Waals surface area contributed by atoms with Crippen LogP contribution in [0.2, 0.25) is 0 Å². The molecule has 0 saturated carbocycles. The van der Waals surface area contributed by atoms with E-state index in [1.54, 1.807) is 6.07 Å². The first kappa shape index (κ1) is 17.7. The smallest absolute Gasteiger partial charge is 0.338 e. The van der Waals surface area contributed by atoms with Crippen LogP contribution in [0.1, 0.15) is 39.9 Å². The lowest BCUT2D eigenvalue weighted by atomic mass is 9.90. The highest BCUT2D eigenvalue weighted by atomic mass is 16.5. The molecule has 3 aromatic carbocycles. The number of fused-ring (bicyclic) bond motifs is 4. The van der Waals surface area contributed by atoms with Gasteiger partial charge in [-0.1, -0.05) is 36.4 Å². The normalized spacial score (nSPS) is 13.4. The lowest BCUT2D eigenvalue weighted by Crippen LogP contribution is -2.10. The largest absolute Gasteiger partial charge is 0.457 e. The van der Waals surface area contributed by atoms with Gasteiger partial charge in [-0.05, 0) is 65.8 Å². The highest BCUT2D eigenvalue weighted by molar-refractivity contribution is 6.07. The van der Waals surface area contributed by atoms with Crippen molar-refractivity contribution in [3.63, 3.8) is 0 Å². The quantitative estimate of drug-likeness (QED) is 0.277. The van der Waals surface area contributed by atoms with Crippen LogP contribution in [0.5, 0.6) is 0 Å². The standard InChI is InChI=1S/C25H20O4/c26-23-14-20(24-21-8-4-3-6-17(21)11-12-22(24)29-23)15-28-25(27)19-10-9-16-5-1-2-7-18(16)13-19/h3-4,6,8-14H,1-2,5,7,15H2. The van der Waals surface area contributed by atoms with Gasteiger partial charge in [0.15, 0.2) is 0 Å². The first-order valence-electron chi connectivity index (χ1n) is 9.92. The fraction of sp³-hybridized carbons (Fsp3) is 0.200. The van der Waals surface area contributed by atoms with Gasteiger partial charge >= 0.3 is 11.6 Å². The van der Waals surface area contributed by atoms with Crippen molar-refractivity contribution in [2.75, 3.05) is 0 Å². The zero-order chi connectivity index (χ0) is 19.8. The van der Waals surface area contributed by atoms with Crippen LogP contribution in [0.15, 0.2) is 69.9 Å². The summed E-state index contributed by atoms with van der Waals surface area (Å²) in [4.78, 5) is 24.7. The fourth-order valence-corrected chi connectivity index (χ4v) is 4.22. The maximum Gasteiger partial charge on any atom is 0.338 e. The van der Waals surface area contributed by atoms with Crippen molar-refractivity contribution < 1.29 is 13.9 Å². The second-order valence-electron chi connectivity index (χ2n) is 7.52. The van der Waals surface area contributed by atoms with Crippen LogP contribution in [0.4, 0.5) is 0 Å². The lowest BCUT2D eigenvalue weighted by Gasteiger charge is -2.16. The second kappa shape index (κ2) is 7.21. The van der Waals surface area contributed by atoms with E-state index in [1.807, 2.05) is 48.5 Å². The van der Waals surface area contributed by atoms with Crippen molar-refractivity contribution in [3.05, 3.63) is 93.3 Å². The van der Waals surface area contributed by atoms with Gasteiger partial charge in [-0.3, -0.25) is 0 Å². The van der Waals surface area contributed by atoms with Crippen LogP contribution in [0.3, 0.4) is 0 Å². The van der Waals surface area contributed by atoms with E-state index in [9.17, 15) is 9.59 Å². The summed E-state index contributed by atoms with van der Waals surface area (Å²) in [7, 11) is 0. The van der Waals surface area contributed by atoms with Gasteiger partial charge in [-0.25, -0.2) is 9.59 Å². The van der Waals surface area contributed by atoms with Gasteiger partial charge in [0.2, 0.25) is 0 Å². The molecule has 0 spiro atoms. The SMILES string of the molecule is O=C(OCc1cc(=O)oc2ccc3ccccc3c12)c1ccc2c(c1)CCCC2. The summed E-state index contributed by atoms with van der Waals surface area (Å²) in [5.41, 5.74) is 3.82. The molecular weight excluding hydrogens is 364 g/mol. The summed E-state index contributed by atoms with van der Waals surface area (Å²) in [5.74, 6) is -0.375. The van der Waals surface area contributed by atoms with E-state index in [2.05, 4.69) is 0 Å². The lowest BCUT2D eigenvalue weighted by molar-refractivity contribution is 0.0473. The molecule has 1 aliphatic rings. The van der Waals surface area contributed by atoms with Crippen LogP contribution < -0.4 is 5.63 Å². The number of aryl methyl sites for hydroxylation is 2. The molecule has 1 aliphatic carbocycles. The van der Waals surface area contributed by atoms with Crippen LogP contribution in [0.25, 0.3) is 21.7 Å². The average Bonchev–Trinajstić information content (AvgIpc) is 2.76. The average molecular weight is 384 g/mol. The Morgan fingerprint density at radius 1 is 0.931 bits per heavy atom. The zero-order valence-corrected chi connectivity index (χ0v) is 15.9. The number of benzene rings is 3. The van der Waals surface area contributed by atoms with Crippen molar-refractivity contribution >= 4 is 27.7 Å². The Morgan fingerprint density at radius 3 is 2.66 bits per heavy atom. The summed E-state index contributed by atoms with van der Waals surface area (Å²) in [6.45, 7) is 0.0199. The van der Waals surface area contributed by atoms with Crippen LogP contribution in [0, 0.1) is 0 Å². The molecular formula is C25H20O4. The van der Waals surface area contributed by atoms with E-state index in [4.69, 9.17) is 9.15 Å². The predicted molar refractivity (Wildman–Crippen MR) is 112 cm³/mol. The first-order valence-corrected chi connectivity index (χ1v) is 9.92. The van der Waals surface area contributed by atoms with E-state index in [0.29, 0.717) is 16.7 Å². The molecule has 0 N–H and O–H groups in total. The van der Waals surface area contributed by atoms with E-state index in [1.165, 1.54) is 23.6 Å². The summed E-state index contributed by atoms with van der Waals surface area (Å²) >= 11 is 0. The molecule has 4 aromatic rings. The molecule has 0 saturated heterocycles. The zero-order valence-electron chi connectivity index (χ0n) is 15.9. The molecule has 0 amide bonds. The van der Waals surface area contributed by atoms with E-state index in [-0.39, 0.29) is 12.6 Å². The van der Waals surface area contributed by atoms with Gasteiger partial charge in [0, 0.05) is 17.0 Å². The van der Waals surface area contributed by atoms with Gasteiger partial charge in [0.05, 0.1) is 5.56 Å². The van der Waals surface area contributed by atoms with E-state index in [0.717, 1.165) is 35.4 Å². The Labute approximate surface area is 167 Å². The number of rotatable bonds is 3. The number of ether oxygens (including phenoxy) is 1. The fourth-order valence-electron chi connectivity index (χ4n) is 4.22. The Hall–Kier alpha value is -3.40. The molecule has 29 heavy (non-hydrogen) atoms. The summed E-state index contributed by atoms with van der Waals surface area (Å²) < 4.78 is 11.0. The third kappa shape index (κ3) is 3.31. The van der Waals surface area contributed by atoms with Crippen molar-refractivity contribution in [1.29, 1.82) is 0 Å². The van der Waals surface area contributed by atoms with Gasteiger partial charge < -0.3 is 9.15 Å². The van der Waals surface area contributed by atoms with E-state index >= 15 is 0 Å². The van der Waals surface area contributed by atoms with E-state index < -0.39 is 5.63 Å². The number of esters is 1. The van der Waals surface area contributed by atoms with Crippen LogP contribution in [-0.4, -0.2) is 5.97 Å². The minimum Gasteiger partial charge on any atom is -0.457 e. The molecule has 5 rings (SSSR count). The third-order valence-corrected chi connectivity index (χ3v) is 5.66. The molecule has 1 heterocycles. The first-order chi connectivity index (χ1) is 14.2. The topological polar surface area (TPSA) is 56.5 Å². The molecule has 4 nitrogen and oxygen atoms in total. The van der Waals surface area contributed by atoms with Crippen molar-refractivity contribution in [2.45, 2.75) is 32.3 Å². The van der Waals surface area contributed by atoms with Crippen LogP contribution in [-0.2, 0) is 24.2 Å². The van der Waals surface area contributed by atoms with Gasteiger partial charge in [-0.15, -0.1) is 0 Å². The Morgan fingerprint density at radius 2 is 1.76 bits per heavy atom. The van der Waals surface area contributed by atoms with Gasteiger partial charge in [0.1, 0.15) is 12.2 Å². The number of hydrogen-bond acceptors (Lipinski definition) is 4. The highest BCUT2D eigenvalue weighted by Gasteiger charge is 2.15. The number of carbonyl (C=O) groups is 1. The minimum atomic E-state index is -0.451.